The maximum atomic E-state index is 12.5. The van der Waals surface area contributed by atoms with E-state index in [1.165, 1.54) is 0 Å². The van der Waals surface area contributed by atoms with Crippen molar-refractivity contribution in [1.82, 2.24) is 0 Å². The molecule has 24 heavy (non-hydrogen) atoms. The highest BCUT2D eigenvalue weighted by Crippen LogP contribution is 2.27. The SMILES string of the molecule is Cc1cc(Br)cc(C)c1NC(=O)c1ccc(-c2ccc(Cl)cc2)o1. The van der Waals surface area contributed by atoms with E-state index in [4.69, 9.17) is 16.0 Å². The molecule has 0 fully saturated rings. The van der Waals surface area contributed by atoms with Gasteiger partial charge in [-0.2, -0.15) is 0 Å². The van der Waals surface area contributed by atoms with Crippen LogP contribution in [0.4, 0.5) is 5.69 Å². The van der Waals surface area contributed by atoms with Gasteiger partial charge in [-0.1, -0.05) is 27.5 Å². The Morgan fingerprint density at radius 3 is 2.29 bits per heavy atom. The number of anilines is 1. The summed E-state index contributed by atoms with van der Waals surface area (Å²) in [5.41, 5.74) is 3.64. The molecule has 0 saturated heterocycles. The number of halogens is 2. The van der Waals surface area contributed by atoms with E-state index in [9.17, 15) is 4.79 Å². The first-order chi connectivity index (χ1) is 11.4. The minimum Gasteiger partial charge on any atom is -0.451 e. The molecule has 0 radical (unpaired) electrons. The van der Waals surface area contributed by atoms with E-state index in [0.29, 0.717) is 10.8 Å². The highest BCUT2D eigenvalue weighted by molar-refractivity contribution is 9.10. The topological polar surface area (TPSA) is 42.2 Å². The van der Waals surface area contributed by atoms with Gasteiger partial charge in [0.2, 0.25) is 0 Å². The highest BCUT2D eigenvalue weighted by atomic mass is 79.9. The Morgan fingerprint density at radius 2 is 1.67 bits per heavy atom. The average molecular weight is 405 g/mol. The van der Waals surface area contributed by atoms with Gasteiger partial charge in [0.25, 0.3) is 5.91 Å². The number of furan rings is 1. The molecule has 0 bridgehead atoms. The van der Waals surface area contributed by atoms with Crippen molar-refractivity contribution in [3.05, 3.63) is 74.9 Å². The molecule has 1 N–H and O–H groups in total. The molecule has 0 aliphatic heterocycles. The van der Waals surface area contributed by atoms with E-state index in [0.717, 1.165) is 26.9 Å². The van der Waals surface area contributed by atoms with Gasteiger partial charge in [0, 0.05) is 20.7 Å². The van der Waals surface area contributed by atoms with Crippen LogP contribution in [-0.4, -0.2) is 5.91 Å². The molecule has 1 amide bonds. The smallest absolute Gasteiger partial charge is 0.291 e. The van der Waals surface area contributed by atoms with Crippen molar-refractivity contribution < 1.29 is 9.21 Å². The molecule has 0 unspecified atom stereocenters. The molecule has 122 valence electrons. The van der Waals surface area contributed by atoms with E-state index in [1.54, 1.807) is 24.3 Å². The number of hydrogen-bond acceptors (Lipinski definition) is 2. The van der Waals surface area contributed by atoms with Crippen LogP contribution in [-0.2, 0) is 0 Å². The van der Waals surface area contributed by atoms with Crippen molar-refractivity contribution in [1.29, 1.82) is 0 Å². The van der Waals surface area contributed by atoms with Crippen LogP contribution in [0.2, 0.25) is 5.02 Å². The Labute approximate surface area is 153 Å². The normalized spacial score (nSPS) is 10.7. The summed E-state index contributed by atoms with van der Waals surface area (Å²) in [6, 6.07) is 14.6. The van der Waals surface area contributed by atoms with E-state index >= 15 is 0 Å². The summed E-state index contributed by atoms with van der Waals surface area (Å²) >= 11 is 9.34. The molecular formula is C19H15BrClNO2. The predicted octanol–water partition coefficient (Wildman–Crippen LogP) is 6.23. The second kappa shape index (κ2) is 6.83. The molecule has 3 nitrogen and oxygen atoms in total. The summed E-state index contributed by atoms with van der Waals surface area (Å²) in [7, 11) is 0. The van der Waals surface area contributed by atoms with Crippen LogP contribution in [0.25, 0.3) is 11.3 Å². The van der Waals surface area contributed by atoms with Crippen LogP contribution in [0.15, 0.2) is 57.4 Å². The fourth-order valence-corrected chi connectivity index (χ4v) is 3.32. The van der Waals surface area contributed by atoms with Crippen molar-refractivity contribution in [2.24, 2.45) is 0 Å². The van der Waals surface area contributed by atoms with Crippen molar-refractivity contribution in [3.8, 4) is 11.3 Å². The molecule has 0 saturated carbocycles. The summed E-state index contributed by atoms with van der Waals surface area (Å²) in [6.07, 6.45) is 0. The predicted molar refractivity (Wildman–Crippen MR) is 101 cm³/mol. The van der Waals surface area contributed by atoms with Gasteiger partial charge in [0.05, 0.1) is 0 Å². The van der Waals surface area contributed by atoms with Crippen LogP contribution < -0.4 is 5.32 Å². The Kier molecular flexibility index (Phi) is 4.78. The van der Waals surface area contributed by atoms with Gasteiger partial charge in [0.1, 0.15) is 5.76 Å². The molecule has 5 heteroatoms. The number of hydrogen-bond donors (Lipinski definition) is 1. The van der Waals surface area contributed by atoms with Crippen molar-refractivity contribution >= 4 is 39.1 Å². The summed E-state index contributed by atoms with van der Waals surface area (Å²) in [5.74, 6) is 0.617. The van der Waals surface area contributed by atoms with Crippen LogP contribution in [0.3, 0.4) is 0 Å². The van der Waals surface area contributed by atoms with Gasteiger partial charge < -0.3 is 9.73 Å². The number of carbonyl (C=O) groups is 1. The lowest BCUT2D eigenvalue weighted by molar-refractivity contribution is 0.0997. The molecule has 0 aliphatic rings. The van der Waals surface area contributed by atoms with Crippen molar-refractivity contribution in [2.45, 2.75) is 13.8 Å². The van der Waals surface area contributed by atoms with E-state index in [2.05, 4.69) is 21.2 Å². The number of aryl methyl sites for hydroxylation is 2. The molecule has 3 rings (SSSR count). The lowest BCUT2D eigenvalue weighted by Crippen LogP contribution is -2.13. The largest absolute Gasteiger partial charge is 0.451 e. The van der Waals surface area contributed by atoms with E-state index in [-0.39, 0.29) is 11.7 Å². The minimum atomic E-state index is -0.274. The fraction of sp³-hybridized carbons (Fsp3) is 0.105. The molecule has 0 spiro atoms. The maximum Gasteiger partial charge on any atom is 0.291 e. The average Bonchev–Trinajstić information content (AvgIpc) is 3.01. The van der Waals surface area contributed by atoms with E-state index < -0.39 is 0 Å². The standard InChI is InChI=1S/C19H15BrClNO2/c1-11-9-14(20)10-12(2)18(11)22-19(23)17-8-7-16(24-17)13-3-5-15(21)6-4-13/h3-10H,1-2H3,(H,22,23). The maximum absolute atomic E-state index is 12.5. The van der Waals surface area contributed by atoms with Gasteiger partial charge in [-0.25, -0.2) is 0 Å². The Bertz CT molecular complexity index is 877. The summed E-state index contributed by atoms with van der Waals surface area (Å²) < 4.78 is 6.67. The first-order valence-electron chi connectivity index (χ1n) is 7.38. The zero-order valence-corrected chi connectivity index (χ0v) is 15.5. The van der Waals surface area contributed by atoms with Gasteiger partial charge in [-0.15, -0.1) is 0 Å². The number of benzene rings is 2. The lowest BCUT2D eigenvalue weighted by Gasteiger charge is -2.11. The molecule has 0 atom stereocenters. The highest BCUT2D eigenvalue weighted by Gasteiger charge is 2.15. The third-order valence-electron chi connectivity index (χ3n) is 3.69. The number of nitrogens with one attached hydrogen (secondary N) is 1. The fourth-order valence-electron chi connectivity index (χ4n) is 2.51. The van der Waals surface area contributed by atoms with Crippen LogP contribution in [0.5, 0.6) is 0 Å². The van der Waals surface area contributed by atoms with Gasteiger partial charge in [0.15, 0.2) is 5.76 Å². The molecule has 2 aromatic carbocycles. The molecule has 1 heterocycles. The van der Waals surface area contributed by atoms with Crippen LogP contribution in [0, 0.1) is 13.8 Å². The third kappa shape index (κ3) is 3.55. The number of carbonyl (C=O) groups excluding carboxylic acids is 1. The van der Waals surface area contributed by atoms with Gasteiger partial charge in [-0.05, 0) is 73.5 Å². The lowest BCUT2D eigenvalue weighted by atomic mass is 10.1. The summed E-state index contributed by atoms with van der Waals surface area (Å²) in [4.78, 5) is 12.5. The Balaban J connectivity index is 1.83. The van der Waals surface area contributed by atoms with Crippen LogP contribution >= 0.6 is 27.5 Å². The quantitative estimate of drug-likeness (QED) is 0.562. The first-order valence-corrected chi connectivity index (χ1v) is 8.55. The zero-order valence-electron chi connectivity index (χ0n) is 13.2. The summed E-state index contributed by atoms with van der Waals surface area (Å²) in [5, 5.41) is 3.58. The number of rotatable bonds is 3. The van der Waals surface area contributed by atoms with E-state index in [1.807, 2.05) is 38.1 Å². The second-order valence-corrected chi connectivity index (χ2v) is 6.89. The Morgan fingerprint density at radius 1 is 1.04 bits per heavy atom. The molecule has 0 aliphatic carbocycles. The molecule has 1 aromatic heterocycles. The monoisotopic (exact) mass is 403 g/mol. The van der Waals surface area contributed by atoms with Crippen LogP contribution in [0.1, 0.15) is 21.7 Å². The van der Waals surface area contributed by atoms with Crippen molar-refractivity contribution in [3.63, 3.8) is 0 Å². The third-order valence-corrected chi connectivity index (χ3v) is 4.40. The minimum absolute atomic E-state index is 0.265. The van der Waals surface area contributed by atoms with Gasteiger partial charge >= 0.3 is 0 Å². The van der Waals surface area contributed by atoms with Gasteiger partial charge in [-0.3, -0.25) is 4.79 Å². The second-order valence-electron chi connectivity index (χ2n) is 5.54. The molecular weight excluding hydrogens is 390 g/mol. The first kappa shape index (κ1) is 16.8. The Hall–Kier alpha value is -2.04. The zero-order chi connectivity index (χ0) is 17.3. The number of amides is 1. The molecule has 3 aromatic rings. The van der Waals surface area contributed by atoms with Crippen molar-refractivity contribution in [2.75, 3.05) is 5.32 Å². The summed E-state index contributed by atoms with van der Waals surface area (Å²) in [6.45, 7) is 3.91.